The zero-order chi connectivity index (χ0) is 19.4. The third kappa shape index (κ3) is 7.32. The number of nitrogens with zero attached hydrogens (tertiary/aromatic N) is 4. The Morgan fingerprint density at radius 2 is 1.85 bits per heavy atom. The number of hydrogen-bond donors (Lipinski definition) is 2. The SMILES string of the molecule is CCN(CC)CCCNc1ccc(N=NC2N(C)C=C[NH+]2C)cc1.CCl. The Morgan fingerprint density at radius 1 is 1.19 bits per heavy atom. The molecule has 2 rings (SSSR count). The minimum Gasteiger partial charge on any atom is -0.385 e. The summed E-state index contributed by atoms with van der Waals surface area (Å²) in [5, 5.41) is 12.2. The topological polar surface area (TPSA) is 47.7 Å². The van der Waals surface area contributed by atoms with Crippen molar-refractivity contribution in [3.8, 4) is 0 Å². The summed E-state index contributed by atoms with van der Waals surface area (Å²) >= 11 is 4.64. The molecule has 0 saturated carbocycles. The van der Waals surface area contributed by atoms with E-state index in [4.69, 9.17) is 0 Å². The Balaban J connectivity index is 0.00000163. The molecule has 2 unspecified atom stereocenters. The van der Waals surface area contributed by atoms with Gasteiger partial charge in [-0.1, -0.05) is 13.8 Å². The van der Waals surface area contributed by atoms with Gasteiger partial charge in [-0.15, -0.1) is 21.8 Å². The number of hydrogen-bond acceptors (Lipinski definition) is 5. The van der Waals surface area contributed by atoms with Gasteiger partial charge < -0.3 is 15.1 Å². The van der Waals surface area contributed by atoms with Crippen LogP contribution in [0.2, 0.25) is 0 Å². The van der Waals surface area contributed by atoms with E-state index in [-0.39, 0.29) is 6.29 Å². The van der Waals surface area contributed by atoms with Gasteiger partial charge in [0.25, 0.3) is 6.29 Å². The molecule has 2 N–H and O–H groups in total. The van der Waals surface area contributed by atoms with E-state index in [2.05, 4.69) is 76.2 Å². The average Bonchev–Trinajstić information content (AvgIpc) is 3.00. The van der Waals surface area contributed by atoms with E-state index in [9.17, 15) is 0 Å². The van der Waals surface area contributed by atoms with Crippen LogP contribution in [-0.2, 0) is 0 Å². The van der Waals surface area contributed by atoms with E-state index in [1.54, 1.807) is 0 Å². The van der Waals surface area contributed by atoms with Crippen molar-refractivity contribution >= 4 is 23.0 Å². The molecule has 1 aliphatic rings. The molecule has 0 amide bonds. The number of anilines is 1. The Hall–Kier alpha value is -1.63. The van der Waals surface area contributed by atoms with E-state index in [1.165, 1.54) is 11.3 Å². The van der Waals surface area contributed by atoms with Gasteiger partial charge >= 0.3 is 0 Å². The lowest BCUT2D eigenvalue weighted by Gasteiger charge is -2.18. The first-order valence-electron chi connectivity index (χ1n) is 9.22. The first-order chi connectivity index (χ1) is 12.6. The van der Waals surface area contributed by atoms with Crippen LogP contribution in [0.1, 0.15) is 20.3 Å². The smallest absolute Gasteiger partial charge is 0.284 e. The van der Waals surface area contributed by atoms with Gasteiger partial charge in [-0.05, 0) is 50.3 Å². The van der Waals surface area contributed by atoms with Gasteiger partial charge in [0.2, 0.25) is 0 Å². The number of halogens is 1. The van der Waals surface area contributed by atoms with E-state index in [1.807, 2.05) is 25.4 Å². The lowest BCUT2D eigenvalue weighted by molar-refractivity contribution is -0.856. The van der Waals surface area contributed by atoms with Crippen LogP contribution in [0.15, 0.2) is 46.9 Å². The molecule has 146 valence electrons. The maximum atomic E-state index is 4.64. The maximum absolute atomic E-state index is 4.64. The lowest BCUT2D eigenvalue weighted by atomic mass is 10.3. The fourth-order valence-electron chi connectivity index (χ4n) is 2.74. The average molecular weight is 382 g/mol. The van der Waals surface area contributed by atoms with Crippen molar-refractivity contribution in [3.05, 3.63) is 36.7 Å². The molecule has 0 aliphatic carbocycles. The molecule has 0 fully saturated rings. The Kier molecular flexibility index (Phi) is 10.9. The van der Waals surface area contributed by atoms with Crippen molar-refractivity contribution in [2.75, 3.05) is 52.0 Å². The van der Waals surface area contributed by atoms with Crippen LogP contribution in [0.5, 0.6) is 0 Å². The van der Waals surface area contributed by atoms with E-state index < -0.39 is 0 Å². The lowest BCUT2D eigenvalue weighted by Crippen LogP contribution is -3.08. The third-order valence-electron chi connectivity index (χ3n) is 4.39. The summed E-state index contributed by atoms with van der Waals surface area (Å²) in [5.41, 5.74) is 2.02. The molecule has 0 bridgehead atoms. The number of rotatable bonds is 9. The number of nitrogens with one attached hydrogen (secondary N) is 2. The summed E-state index contributed by atoms with van der Waals surface area (Å²) in [6, 6.07) is 8.15. The summed E-state index contributed by atoms with van der Waals surface area (Å²) in [7, 11) is 4.09. The van der Waals surface area contributed by atoms with Crippen LogP contribution in [0, 0.1) is 0 Å². The fourth-order valence-corrected chi connectivity index (χ4v) is 2.74. The molecule has 1 heterocycles. The Morgan fingerprint density at radius 3 is 2.38 bits per heavy atom. The van der Waals surface area contributed by atoms with Gasteiger partial charge in [-0.2, -0.15) is 0 Å². The first kappa shape index (κ1) is 22.4. The number of benzene rings is 1. The second-order valence-electron chi connectivity index (χ2n) is 6.17. The number of azo groups is 1. The number of alkyl halides is 1. The van der Waals surface area contributed by atoms with Crippen LogP contribution in [0.3, 0.4) is 0 Å². The second-order valence-corrected chi connectivity index (χ2v) is 6.17. The summed E-state index contributed by atoms with van der Waals surface area (Å²) in [5.74, 6) is 0. The summed E-state index contributed by atoms with van der Waals surface area (Å²) in [6.45, 7) is 8.80. The summed E-state index contributed by atoms with van der Waals surface area (Å²) < 4.78 is 0. The third-order valence-corrected chi connectivity index (χ3v) is 4.39. The van der Waals surface area contributed by atoms with Crippen molar-refractivity contribution in [1.82, 2.24) is 9.80 Å². The highest BCUT2D eigenvalue weighted by Crippen LogP contribution is 2.17. The van der Waals surface area contributed by atoms with Crippen LogP contribution >= 0.6 is 11.6 Å². The first-order valence-corrected chi connectivity index (χ1v) is 9.98. The minimum atomic E-state index is 0.0304. The summed E-state index contributed by atoms with van der Waals surface area (Å²) in [4.78, 5) is 5.72. The van der Waals surface area contributed by atoms with Gasteiger partial charge in [0.15, 0.2) is 0 Å². The van der Waals surface area contributed by atoms with Gasteiger partial charge in [-0.3, -0.25) is 4.90 Å². The molecular formula is C19H34ClN6+. The zero-order valence-corrected chi connectivity index (χ0v) is 17.5. The molecule has 1 aliphatic heterocycles. The van der Waals surface area contributed by atoms with E-state index in [0.717, 1.165) is 44.0 Å². The van der Waals surface area contributed by atoms with E-state index in [0.29, 0.717) is 0 Å². The monoisotopic (exact) mass is 381 g/mol. The molecule has 1 aromatic rings. The maximum Gasteiger partial charge on any atom is 0.284 e. The van der Waals surface area contributed by atoms with Crippen molar-refractivity contribution in [3.63, 3.8) is 0 Å². The van der Waals surface area contributed by atoms with Gasteiger partial charge in [-0.25, -0.2) is 0 Å². The predicted octanol–water partition coefficient (Wildman–Crippen LogP) is 2.98. The fraction of sp³-hybridized carbons (Fsp3) is 0.579. The van der Waals surface area contributed by atoms with E-state index >= 15 is 0 Å². The highest BCUT2D eigenvalue weighted by Gasteiger charge is 2.24. The van der Waals surface area contributed by atoms with Crippen LogP contribution in [-0.4, -0.2) is 62.7 Å². The van der Waals surface area contributed by atoms with Crippen molar-refractivity contribution in [2.45, 2.75) is 26.6 Å². The van der Waals surface area contributed by atoms with Gasteiger partial charge in [0.05, 0.1) is 18.9 Å². The predicted molar refractivity (Wildman–Crippen MR) is 111 cm³/mol. The molecule has 0 radical (unpaired) electrons. The van der Waals surface area contributed by atoms with Crippen molar-refractivity contribution in [1.29, 1.82) is 0 Å². The summed E-state index contributed by atoms with van der Waals surface area (Å²) in [6.07, 6.45) is 6.76. The minimum absolute atomic E-state index is 0.0304. The van der Waals surface area contributed by atoms with Crippen molar-refractivity contribution in [2.24, 2.45) is 10.2 Å². The highest BCUT2D eigenvalue weighted by atomic mass is 35.5. The van der Waals surface area contributed by atoms with Crippen LogP contribution in [0.4, 0.5) is 11.4 Å². The molecular weight excluding hydrogens is 348 g/mol. The Bertz CT molecular complexity index is 529. The Labute approximate surface area is 163 Å². The molecule has 26 heavy (non-hydrogen) atoms. The normalized spacial score (nSPS) is 19.1. The van der Waals surface area contributed by atoms with Crippen LogP contribution < -0.4 is 10.2 Å². The quantitative estimate of drug-likeness (QED) is 0.392. The molecule has 1 aromatic carbocycles. The molecule has 2 atom stereocenters. The molecule has 0 saturated heterocycles. The van der Waals surface area contributed by atoms with Gasteiger partial charge in [0.1, 0.15) is 6.20 Å². The second kappa shape index (κ2) is 12.7. The largest absolute Gasteiger partial charge is 0.385 e. The standard InChI is InChI=1S/C18H30N6.CH3Cl/c1-5-24(6-2)13-7-12-19-16-8-10-17(11-9-16)20-21-18-22(3)14-15-23(18)4;1-2/h8-11,14-15,18-19H,5-7,12-13H2,1-4H3;1H3/p+1. The molecule has 7 heteroatoms. The zero-order valence-electron chi connectivity index (χ0n) is 16.7. The van der Waals surface area contributed by atoms with Crippen LogP contribution in [0.25, 0.3) is 0 Å². The molecule has 0 aromatic heterocycles. The highest BCUT2D eigenvalue weighted by molar-refractivity contribution is 6.15. The molecule has 0 spiro atoms. The molecule has 6 nitrogen and oxygen atoms in total. The van der Waals surface area contributed by atoms with Crippen molar-refractivity contribution < 1.29 is 4.90 Å². The van der Waals surface area contributed by atoms with Gasteiger partial charge in [0, 0.05) is 25.7 Å². The number of quaternary nitrogens is 1.